The van der Waals surface area contributed by atoms with E-state index in [2.05, 4.69) is 0 Å². The predicted octanol–water partition coefficient (Wildman–Crippen LogP) is 2.84. The molecular weight excluding hydrogens is 278 g/mol. The van der Waals surface area contributed by atoms with E-state index in [1.54, 1.807) is 6.92 Å². The first-order chi connectivity index (χ1) is 7.31. The fourth-order valence-corrected chi connectivity index (χ4v) is 1.54. The lowest BCUT2D eigenvalue weighted by Gasteiger charge is -2.23. The molecule has 0 aliphatic rings. The topological polar surface area (TPSA) is 46.2 Å². The van der Waals surface area contributed by atoms with Gasteiger partial charge in [-0.05, 0) is 18.6 Å². The van der Waals surface area contributed by atoms with Crippen LogP contribution in [0, 0.1) is 12.7 Å². The molecule has 0 bridgehead atoms. The summed E-state index contributed by atoms with van der Waals surface area (Å²) in [5.41, 5.74) is 5.19. The first-order valence-electron chi connectivity index (χ1n) is 4.50. The normalized spacial score (nSPS) is 13.1. The highest BCUT2D eigenvalue weighted by molar-refractivity contribution is 6.32. The number of halogens is 5. The van der Waals surface area contributed by atoms with Gasteiger partial charge in [0.15, 0.2) is 0 Å². The Morgan fingerprint density at radius 2 is 2.00 bits per heavy atom. The third-order valence-corrected chi connectivity index (χ3v) is 2.80. The number of nitrogens with two attached hydrogens (primary N) is 1. The fraction of sp³-hybridized carbons (Fsp3) is 0.400. The number of aliphatic hydroxyl groups excluding tert-OH is 1. The largest absolute Gasteiger partial charge is 0.390 e. The Hall–Kier alpha value is -0.490. The molecule has 17 heavy (non-hydrogen) atoms. The van der Waals surface area contributed by atoms with Crippen LogP contribution in [0.15, 0.2) is 12.1 Å². The van der Waals surface area contributed by atoms with Gasteiger partial charge in [0.1, 0.15) is 18.5 Å². The van der Waals surface area contributed by atoms with Gasteiger partial charge in [0.2, 0.25) is 0 Å². The summed E-state index contributed by atoms with van der Waals surface area (Å²) in [5.74, 6) is -4.52. The van der Waals surface area contributed by atoms with Crippen molar-refractivity contribution in [2.75, 3.05) is 6.61 Å². The monoisotopic (exact) mass is 289 g/mol. The average Bonchev–Trinajstić information content (AvgIpc) is 2.24. The molecule has 3 N–H and O–H groups in total. The maximum atomic E-state index is 13.4. The van der Waals surface area contributed by atoms with Crippen molar-refractivity contribution in [2.45, 2.75) is 18.9 Å². The molecule has 7 heteroatoms. The van der Waals surface area contributed by atoms with Crippen LogP contribution in [0.2, 0.25) is 5.02 Å². The van der Waals surface area contributed by atoms with E-state index in [1.165, 1.54) is 6.07 Å². The van der Waals surface area contributed by atoms with E-state index in [0.717, 1.165) is 6.07 Å². The average molecular weight is 290 g/mol. The molecule has 1 rings (SSSR count). The second-order valence-corrected chi connectivity index (χ2v) is 3.87. The number of aryl methyl sites for hydroxylation is 1. The fourth-order valence-electron chi connectivity index (χ4n) is 1.27. The maximum Gasteiger partial charge on any atom is 0.289 e. The highest BCUT2D eigenvalue weighted by Gasteiger charge is 2.40. The molecule has 1 aromatic carbocycles. The van der Waals surface area contributed by atoms with Crippen molar-refractivity contribution < 1.29 is 18.3 Å². The van der Waals surface area contributed by atoms with Crippen molar-refractivity contribution in [3.05, 3.63) is 34.1 Å². The highest BCUT2D eigenvalue weighted by atomic mass is 35.5. The summed E-state index contributed by atoms with van der Waals surface area (Å²) in [5, 5.41) is 8.34. The number of alkyl halides is 2. The molecule has 0 unspecified atom stereocenters. The maximum absolute atomic E-state index is 13.4. The molecule has 1 atom stereocenters. The third-order valence-electron chi connectivity index (χ3n) is 2.30. The molecule has 0 saturated heterocycles. The molecule has 0 aromatic heterocycles. The van der Waals surface area contributed by atoms with Gasteiger partial charge < -0.3 is 10.8 Å². The molecule has 0 heterocycles. The lowest BCUT2D eigenvalue weighted by molar-refractivity contribution is -0.0718. The van der Waals surface area contributed by atoms with E-state index in [9.17, 15) is 13.2 Å². The number of aliphatic hydroxyl groups is 1. The van der Waals surface area contributed by atoms with Crippen LogP contribution in [0.1, 0.15) is 17.2 Å². The molecule has 98 valence electrons. The van der Waals surface area contributed by atoms with Crippen molar-refractivity contribution in [1.82, 2.24) is 0 Å². The second kappa shape index (κ2) is 5.91. The molecule has 0 spiro atoms. The summed E-state index contributed by atoms with van der Waals surface area (Å²) >= 11 is 5.72. The standard InChI is InChI=1S/C10H11ClF3NO.ClH/c1-5-2-3-6(12)7(8(5)11)9(15)10(13,14)4-16;/h2-3,9,16H,4,15H2,1H3;1H/t9-;/m1./s1. The summed E-state index contributed by atoms with van der Waals surface area (Å²) in [7, 11) is 0. The SMILES string of the molecule is Cc1ccc(F)c([C@@H](N)C(F)(F)CO)c1Cl.Cl. The third kappa shape index (κ3) is 3.25. The number of benzene rings is 1. The molecule has 0 fully saturated rings. The van der Waals surface area contributed by atoms with E-state index in [0.29, 0.717) is 5.56 Å². The van der Waals surface area contributed by atoms with E-state index in [4.69, 9.17) is 22.4 Å². The molecule has 0 radical (unpaired) electrons. The minimum absolute atomic E-state index is 0. The molecule has 0 amide bonds. The van der Waals surface area contributed by atoms with Gasteiger partial charge in [0.05, 0.1) is 5.02 Å². The van der Waals surface area contributed by atoms with Gasteiger partial charge in [-0.15, -0.1) is 12.4 Å². The summed E-state index contributed by atoms with van der Waals surface area (Å²) in [6, 6.07) is 0.416. The van der Waals surface area contributed by atoms with Gasteiger partial charge in [0.25, 0.3) is 5.92 Å². The molecule has 0 saturated carbocycles. The van der Waals surface area contributed by atoms with E-state index < -0.39 is 30.0 Å². The second-order valence-electron chi connectivity index (χ2n) is 3.49. The Morgan fingerprint density at radius 3 is 2.47 bits per heavy atom. The Kier molecular flexibility index (Phi) is 5.74. The zero-order valence-corrected chi connectivity index (χ0v) is 10.5. The quantitative estimate of drug-likeness (QED) is 0.899. The van der Waals surface area contributed by atoms with Crippen LogP contribution in [0.25, 0.3) is 0 Å². The van der Waals surface area contributed by atoms with Crippen LogP contribution in [0.5, 0.6) is 0 Å². The Morgan fingerprint density at radius 1 is 1.47 bits per heavy atom. The molecular formula is C10H12Cl2F3NO. The lowest BCUT2D eigenvalue weighted by atomic mass is 9.99. The predicted molar refractivity (Wildman–Crippen MR) is 62.4 cm³/mol. The minimum atomic E-state index is -3.61. The Balaban J connectivity index is 0.00000256. The molecule has 1 aromatic rings. The van der Waals surface area contributed by atoms with Crippen molar-refractivity contribution in [3.8, 4) is 0 Å². The van der Waals surface area contributed by atoms with Crippen LogP contribution in [-0.2, 0) is 0 Å². The molecule has 0 aliphatic carbocycles. The van der Waals surface area contributed by atoms with Gasteiger partial charge in [-0.2, -0.15) is 0 Å². The number of hydrogen-bond acceptors (Lipinski definition) is 2. The van der Waals surface area contributed by atoms with Crippen LogP contribution in [0.4, 0.5) is 13.2 Å². The Bertz CT molecular complexity index is 401. The van der Waals surface area contributed by atoms with Gasteiger partial charge in [-0.25, -0.2) is 13.2 Å². The zero-order valence-electron chi connectivity index (χ0n) is 8.88. The zero-order chi connectivity index (χ0) is 12.5. The summed E-state index contributed by atoms with van der Waals surface area (Å²) < 4.78 is 39.6. The van der Waals surface area contributed by atoms with Gasteiger partial charge >= 0.3 is 0 Å². The smallest absolute Gasteiger partial charge is 0.289 e. The van der Waals surface area contributed by atoms with Gasteiger partial charge in [-0.3, -0.25) is 0 Å². The Labute approximate surface area is 108 Å². The van der Waals surface area contributed by atoms with E-state index in [1.807, 2.05) is 0 Å². The summed E-state index contributed by atoms with van der Waals surface area (Å²) in [6.45, 7) is 0.0902. The van der Waals surface area contributed by atoms with Crippen LogP contribution in [0.3, 0.4) is 0 Å². The van der Waals surface area contributed by atoms with Gasteiger partial charge in [-0.1, -0.05) is 17.7 Å². The van der Waals surface area contributed by atoms with E-state index >= 15 is 0 Å². The van der Waals surface area contributed by atoms with Gasteiger partial charge in [0, 0.05) is 5.56 Å². The summed E-state index contributed by atoms with van der Waals surface area (Å²) in [4.78, 5) is 0. The first kappa shape index (κ1) is 16.5. The highest BCUT2D eigenvalue weighted by Crippen LogP contribution is 2.35. The van der Waals surface area contributed by atoms with Crippen LogP contribution < -0.4 is 5.73 Å². The van der Waals surface area contributed by atoms with Crippen molar-refractivity contribution >= 4 is 24.0 Å². The number of hydrogen-bond donors (Lipinski definition) is 2. The van der Waals surface area contributed by atoms with Crippen molar-refractivity contribution in [3.63, 3.8) is 0 Å². The molecule has 2 nitrogen and oxygen atoms in total. The van der Waals surface area contributed by atoms with Crippen LogP contribution in [-0.4, -0.2) is 17.6 Å². The lowest BCUT2D eigenvalue weighted by Crippen LogP contribution is -2.37. The summed E-state index contributed by atoms with van der Waals surface area (Å²) in [6.07, 6.45) is 0. The van der Waals surface area contributed by atoms with E-state index in [-0.39, 0.29) is 17.4 Å². The number of rotatable bonds is 3. The van der Waals surface area contributed by atoms with Crippen molar-refractivity contribution in [2.24, 2.45) is 5.73 Å². The molecule has 0 aliphatic heterocycles. The first-order valence-corrected chi connectivity index (χ1v) is 4.88. The van der Waals surface area contributed by atoms with Crippen molar-refractivity contribution in [1.29, 1.82) is 0 Å². The minimum Gasteiger partial charge on any atom is -0.390 e. The van der Waals surface area contributed by atoms with Crippen LogP contribution >= 0.6 is 24.0 Å².